The number of benzene rings is 1. The van der Waals surface area contributed by atoms with Gasteiger partial charge in [0.15, 0.2) is 0 Å². The van der Waals surface area contributed by atoms with E-state index in [1.807, 2.05) is 25.1 Å². The summed E-state index contributed by atoms with van der Waals surface area (Å²) in [6.45, 7) is 1.94. The lowest BCUT2D eigenvalue weighted by atomic mass is 9.89. The van der Waals surface area contributed by atoms with Crippen LogP contribution in [0.2, 0.25) is 0 Å². The first kappa shape index (κ1) is 12.1. The Labute approximate surface area is 111 Å². The molecule has 1 heterocycles. The molecule has 0 amide bonds. The van der Waals surface area contributed by atoms with Crippen molar-refractivity contribution in [1.29, 1.82) is 0 Å². The van der Waals surface area contributed by atoms with Gasteiger partial charge in [-0.25, -0.2) is 0 Å². The SMILES string of the molecule is Cc1cc2c(O)c(C(CC(=O)O)C3CC3)ccc2[nH]1. The molecule has 1 aliphatic rings. The van der Waals surface area contributed by atoms with Crippen molar-refractivity contribution in [2.45, 2.75) is 32.1 Å². The molecule has 1 fully saturated rings. The molecule has 0 saturated heterocycles. The Balaban J connectivity index is 2.06. The van der Waals surface area contributed by atoms with Gasteiger partial charge in [-0.15, -0.1) is 0 Å². The number of rotatable bonds is 4. The number of phenolic OH excluding ortho intramolecular Hbond substituents is 1. The van der Waals surface area contributed by atoms with E-state index in [1.54, 1.807) is 0 Å². The standard InChI is InChI=1S/C15H17NO3/c1-8-6-12-13(16-8)5-4-10(15(12)19)11(7-14(17)18)9-2-3-9/h4-6,9,11,16,19H,2-3,7H2,1H3,(H,17,18). The van der Waals surface area contributed by atoms with Crippen LogP contribution in [-0.4, -0.2) is 21.2 Å². The highest BCUT2D eigenvalue weighted by Crippen LogP contribution is 2.48. The van der Waals surface area contributed by atoms with E-state index < -0.39 is 5.97 Å². The molecule has 3 N–H and O–H groups in total. The van der Waals surface area contributed by atoms with Gasteiger partial charge in [0.05, 0.1) is 6.42 Å². The molecule has 1 aliphatic carbocycles. The minimum atomic E-state index is -0.804. The molecule has 0 spiro atoms. The smallest absolute Gasteiger partial charge is 0.303 e. The van der Waals surface area contributed by atoms with Crippen molar-refractivity contribution in [1.82, 2.24) is 4.98 Å². The van der Waals surface area contributed by atoms with Gasteiger partial charge in [0.25, 0.3) is 0 Å². The molecule has 3 rings (SSSR count). The van der Waals surface area contributed by atoms with Crippen LogP contribution < -0.4 is 0 Å². The van der Waals surface area contributed by atoms with Gasteiger partial charge in [0.1, 0.15) is 5.75 Å². The largest absolute Gasteiger partial charge is 0.507 e. The van der Waals surface area contributed by atoms with Crippen LogP contribution in [0.4, 0.5) is 0 Å². The number of carbonyl (C=O) groups is 1. The van der Waals surface area contributed by atoms with Crippen LogP contribution in [0.25, 0.3) is 10.9 Å². The van der Waals surface area contributed by atoms with Gasteiger partial charge in [-0.05, 0) is 43.4 Å². The van der Waals surface area contributed by atoms with E-state index in [9.17, 15) is 9.90 Å². The molecule has 1 aromatic carbocycles. The Morgan fingerprint density at radius 2 is 2.21 bits per heavy atom. The van der Waals surface area contributed by atoms with Crippen LogP contribution in [0.5, 0.6) is 5.75 Å². The van der Waals surface area contributed by atoms with Gasteiger partial charge in [0, 0.05) is 22.5 Å². The number of phenols is 1. The first-order valence-corrected chi connectivity index (χ1v) is 6.59. The minimum absolute atomic E-state index is 0.0721. The average Bonchev–Trinajstić information content (AvgIpc) is 3.10. The molecular weight excluding hydrogens is 242 g/mol. The normalized spacial score (nSPS) is 16.7. The summed E-state index contributed by atoms with van der Waals surface area (Å²) in [5, 5.41) is 20.2. The van der Waals surface area contributed by atoms with Crippen LogP contribution >= 0.6 is 0 Å². The van der Waals surface area contributed by atoms with E-state index in [0.29, 0.717) is 5.92 Å². The lowest BCUT2D eigenvalue weighted by Gasteiger charge is -2.16. The molecular formula is C15H17NO3. The van der Waals surface area contributed by atoms with Crippen molar-refractivity contribution >= 4 is 16.9 Å². The number of carboxylic acid groups (broad SMARTS) is 1. The third kappa shape index (κ3) is 2.18. The summed E-state index contributed by atoms with van der Waals surface area (Å²) in [4.78, 5) is 14.2. The molecule has 4 nitrogen and oxygen atoms in total. The van der Waals surface area contributed by atoms with Crippen molar-refractivity contribution in [3.8, 4) is 5.75 Å². The number of aromatic nitrogens is 1. The minimum Gasteiger partial charge on any atom is -0.507 e. The van der Waals surface area contributed by atoms with E-state index in [4.69, 9.17) is 5.11 Å². The number of aliphatic carboxylic acids is 1. The number of nitrogens with one attached hydrogen (secondary N) is 1. The molecule has 100 valence electrons. The maximum Gasteiger partial charge on any atom is 0.303 e. The summed E-state index contributed by atoms with van der Waals surface area (Å²) < 4.78 is 0. The fraction of sp³-hybridized carbons (Fsp3) is 0.400. The number of aromatic amines is 1. The molecule has 4 heteroatoms. The predicted molar refractivity (Wildman–Crippen MR) is 72.4 cm³/mol. The highest BCUT2D eigenvalue weighted by molar-refractivity contribution is 5.88. The van der Waals surface area contributed by atoms with E-state index in [2.05, 4.69) is 4.98 Å². The molecule has 1 saturated carbocycles. The van der Waals surface area contributed by atoms with E-state index in [1.165, 1.54) is 0 Å². The number of aryl methyl sites for hydroxylation is 1. The molecule has 0 radical (unpaired) electrons. The highest BCUT2D eigenvalue weighted by Gasteiger charge is 2.35. The lowest BCUT2D eigenvalue weighted by molar-refractivity contribution is -0.137. The van der Waals surface area contributed by atoms with Gasteiger partial charge in [-0.2, -0.15) is 0 Å². The van der Waals surface area contributed by atoms with Crippen molar-refractivity contribution in [2.75, 3.05) is 0 Å². The van der Waals surface area contributed by atoms with Crippen molar-refractivity contribution in [2.24, 2.45) is 5.92 Å². The Morgan fingerprint density at radius 3 is 2.84 bits per heavy atom. The lowest BCUT2D eigenvalue weighted by Crippen LogP contribution is -2.08. The maximum atomic E-state index is 11.0. The molecule has 1 unspecified atom stereocenters. The number of hydrogen-bond donors (Lipinski definition) is 3. The molecule has 0 aliphatic heterocycles. The molecule has 2 aromatic rings. The van der Waals surface area contributed by atoms with Gasteiger partial charge in [-0.3, -0.25) is 4.79 Å². The summed E-state index contributed by atoms with van der Waals surface area (Å²) in [6, 6.07) is 5.69. The van der Waals surface area contributed by atoms with Crippen LogP contribution in [0.3, 0.4) is 0 Å². The van der Waals surface area contributed by atoms with Gasteiger partial charge >= 0.3 is 5.97 Å². The number of aromatic hydroxyl groups is 1. The fourth-order valence-corrected chi connectivity index (χ4v) is 2.86. The second kappa shape index (κ2) is 4.30. The van der Waals surface area contributed by atoms with Gasteiger partial charge in [0.2, 0.25) is 0 Å². The summed E-state index contributed by atoms with van der Waals surface area (Å²) in [5.74, 6) is -0.238. The van der Waals surface area contributed by atoms with E-state index in [-0.39, 0.29) is 18.1 Å². The zero-order valence-electron chi connectivity index (χ0n) is 10.8. The Morgan fingerprint density at radius 1 is 1.47 bits per heavy atom. The third-order valence-corrected chi connectivity index (χ3v) is 3.93. The quantitative estimate of drug-likeness (QED) is 0.789. The Kier molecular flexibility index (Phi) is 2.73. The van der Waals surface area contributed by atoms with Gasteiger partial charge < -0.3 is 15.2 Å². The number of H-pyrrole nitrogens is 1. The van der Waals surface area contributed by atoms with E-state index in [0.717, 1.165) is 35.0 Å². The van der Waals surface area contributed by atoms with Crippen LogP contribution in [-0.2, 0) is 4.79 Å². The maximum absolute atomic E-state index is 11.0. The van der Waals surface area contributed by atoms with Crippen molar-refractivity contribution < 1.29 is 15.0 Å². The number of hydrogen-bond acceptors (Lipinski definition) is 2. The zero-order valence-corrected chi connectivity index (χ0v) is 10.8. The van der Waals surface area contributed by atoms with Crippen molar-refractivity contribution in [3.05, 3.63) is 29.5 Å². The Bertz CT molecular complexity index is 640. The first-order valence-electron chi connectivity index (χ1n) is 6.59. The topological polar surface area (TPSA) is 73.3 Å². The van der Waals surface area contributed by atoms with Gasteiger partial charge in [-0.1, -0.05) is 6.07 Å². The molecule has 19 heavy (non-hydrogen) atoms. The second-order valence-electron chi connectivity index (χ2n) is 5.46. The van der Waals surface area contributed by atoms with Crippen LogP contribution in [0.1, 0.15) is 36.4 Å². The molecule has 1 atom stereocenters. The Hall–Kier alpha value is -1.97. The highest BCUT2D eigenvalue weighted by atomic mass is 16.4. The second-order valence-corrected chi connectivity index (χ2v) is 5.46. The summed E-state index contributed by atoms with van der Waals surface area (Å²) >= 11 is 0. The molecule has 1 aromatic heterocycles. The summed E-state index contributed by atoms with van der Waals surface area (Å²) in [7, 11) is 0. The average molecular weight is 259 g/mol. The monoisotopic (exact) mass is 259 g/mol. The van der Waals surface area contributed by atoms with E-state index >= 15 is 0 Å². The fourth-order valence-electron chi connectivity index (χ4n) is 2.86. The molecule has 0 bridgehead atoms. The number of carboxylic acids is 1. The summed E-state index contributed by atoms with van der Waals surface area (Å²) in [5.41, 5.74) is 2.66. The number of fused-ring (bicyclic) bond motifs is 1. The predicted octanol–water partition coefficient (Wildman–Crippen LogP) is 3.15. The van der Waals surface area contributed by atoms with Crippen molar-refractivity contribution in [3.63, 3.8) is 0 Å². The third-order valence-electron chi connectivity index (χ3n) is 3.93. The summed E-state index contributed by atoms with van der Waals surface area (Å²) in [6.07, 6.45) is 2.20. The van der Waals surface area contributed by atoms with Crippen LogP contribution in [0, 0.1) is 12.8 Å². The van der Waals surface area contributed by atoms with Crippen LogP contribution in [0.15, 0.2) is 18.2 Å². The first-order chi connectivity index (χ1) is 9.06. The zero-order chi connectivity index (χ0) is 13.6.